The first kappa shape index (κ1) is 17.1. The van der Waals surface area contributed by atoms with Crippen molar-refractivity contribution in [3.05, 3.63) is 64.5 Å². The maximum atomic E-state index is 12.4. The van der Waals surface area contributed by atoms with Gasteiger partial charge in [0, 0.05) is 35.2 Å². The summed E-state index contributed by atoms with van der Waals surface area (Å²) in [4.78, 5) is 25.7. The molecule has 6 heteroatoms. The van der Waals surface area contributed by atoms with Gasteiger partial charge in [-0.2, -0.15) is 0 Å². The summed E-state index contributed by atoms with van der Waals surface area (Å²) in [6.45, 7) is 5.15. The molecule has 0 aliphatic rings. The Morgan fingerprint density at radius 3 is 2.84 bits per heavy atom. The van der Waals surface area contributed by atoms with Crippen LogP contribution in [-0.4, -0.2) is 33.5 Å². The Hall–Kier alpha value is -2.73. The summed E-state index contributed by atoms with van der Waals surface area (Å²) in [5.74, 6) is 0.802. The third-order valence-corrected chi connectivity index (χ3v) is 4.32. The van der Waals surface area contributed by atoms with Crippen LogP contribution in [0.2, 0.25) is 0 Å². The zero-order valence-electron chi connectivity index (χ0n) is 14.7. The predicted molar refractivity (Wildman–Crippen MR) is 97.7 cm³/mol. The van der Waals surface area contributed by atoms with Gasteiger partial charge >= 0.3 is 0 Å². The number of H-pyrrole nitrogens is 1. The second kappa shape index (κ2) is 7.44. The molecule has 0 amide bonds. The van der Waals surface area contributed by atoms with E-state index in [1.54, 1.807) is 6.20 Å². The summed E-state index contributed by atoms with van der Waals surface area (Å²) >= 11 is 0. The summed E-state index contributed by atoms with van der Waals surface area (Å²) in [7, 11) is 1.98. The van der Waals surface area contributed by atoms with E-state index in [1.807, 2.05) is 44.3 Å². The van der Waals surface area contributed by atoms with Gasteiger partial charge in [-0.15, -0.1) is 0 Å². The molecule has 2 heterocycles. The molecule has 1 unspecified atom stereocenters. The largest absolute Gasteiger partial charge is 0.494 e. The van der Waals surface area contributed by atoms with Crippen molar-refractivity contribution in [2.24, 2.45) is 0 Å². The number of fused-ring (bicyclic) bond motifs is 1. The van der Waals surface area contributed by atoms with E-state index in [-0.39, 0.29) is 11.6 Å². The third-order valence-electron chi connectivity index (χ3n) is 4.32. The number of hydrogen-bond acceptors (Lipinski definition) is 5. The lowest BCUT2D eigenvalue weighted by Gasteiger charge is -2.23. The third kappa shape index (κ3) is 3.85. The standard InChI is InChI=1S/C19H22N4O2/c1-4-25-16-5-6-18-14(10-16)9-15(19(24)22-18)11-23(3)13(2)17-7-8-20-12-21-17/h5-10,12-13H,4,11H2,1-3H3,(H,22,24). The number of hydrogen-bond donors (Lipinski definition) is 1. The van der Waals surface area contributed by atoms with Crippen LogP contribution in [0.25, 0.3) is 10.9 Å². The molecule has 0 saturated carbocycles. The number of benzene rings is 1. The van der Waals surface area contributed by atoms with Gasteiger partial charge in [0.15, 0.2) is 0 Å². The van der Waals surface area contributed by atoms with Gasteiger partial charge < -0.3 is 9.72 Å². The Morgan fingerprint density at radius 2 is 2.12 bits per heavy atom. The van der Waals surface area contributed by atoms with Crippen LogP contribution < -0.4 is 10.3 Å². The highest BCUT2D eigenvalue weighted by Gasteiger charge is 2.15. The molecule has 2 aromatic heterocycles. The summed E-state index contributed by atoms with van der Waals surface area (Å²) < 4.78 is 5.54. The van der Waals surface area contributed by atoms with Crippen molar-refractivity contribution in [3.63, 3.8) is 0 Å². The van der Waals surface area contributed by atoms with Crippen molar-refractivity contribution in [1.82, 2.24) is 19.9 Å². The van der Waals surface area contributed by atoms with E-state index in [2.05, 4.69) is 26.8 Å². The van der Waals surface area contributed by atoms with Crippen LogP contribution in [0.15, 0.2) is 47.7 Å². The van der Waals surface area contributed by atoms with Gasteiger partial charge in [-0.25, -0.2) is 9.97 Å². The van der Waals surface area contributed by atoms with Crippen LogP contribution in [0.4, 0.5) is 0 Å². The molecule has 0 spiro atoms. The van der Waals surface area contributed by atoms with Gasteiger partial charge in [0.2, 0.25) is 0 Å². The molecule has 3 aromatic rings. The van der Waals surface area contributed by atoms with Gasteiger partial charge in [0.1, 0.15) is 12.1 Å². The van der Waals surface area contributed by atoms with E-state index in [0.717, 1.165) is 22.3 Å². The molecular weight excluding hydrogens is 316 g/mol. The number of nitrogens with one attached hydrogen (secondary N) is 1. The SMILES string of the molecule is CCOc1ccc2[nH]c(=O)c(CN(C)C(C)c3ccncn3)cc2c1. The fourth-order valence-corrected chi connectivity index (χ4v) is 2.78. The van der Waals surface area contributed by atoms with Crippen LogP contribution in [0.5, 0.6) is 5.75 Å². The van der Waals surface area contributed by atoms with E-state index in [9.17, 15) is 4.79 Å². The highest BCUT2D eigenvalue weighted by molar-refractivity contribution is 5.80. The first-order valence-corrected chi connectivity index (χ1v) is 8.33. The van der Waals surface area contributed by atoms with E-state index in [4.69, 9.17) is 4.74 Å². The van der Waals surface area contributed by atoms with Gasteiger partial charge in [-0.05, 0) is 51.2 Å². The maximum Gasteiger partial charge on any atom is 0.252 e. The van der Waals surface area contributed by atoms with E-state index in [1.165, 1.54) is 6.33 Å². The number of aromatic amines is 1. The molecule has 25 heavy (non-hydrogen) atoms. The molecule has 0 fully saturated rings. The topological polar surface area (TPSA) is 71.1 Å². The maximum absolute atomic E-state index is 12.4. The average Bonchev–Trinajstić information content (AvgIpc) is 2.63. The van der Waals surface area contributed by atoms with Crippen molar-refractivity contribution in [1.29, 1.82) is 0 Å². The molecule has 1 N–H and O–H groups in total. The monoisotopic (exact) mass is 338 g/mol. The highest BCUT2D eigenvalue weighted by Crippen LogP contribution is 2.21. The minimum Gasteiger partial charge on any atom is -0.494 e. The van der Waals surface area contributed by atoms with Crippen molar-refractivity contribution < 1.29 is 4.74 Å². The Kier molecular flexibility index (Phi) is 5.09. The smallest absolute Gasteiger partial charge is 0.252 e. The van der Waals surface area contributed by atoms with Crippen LogP contribution in [0, 0.1) is 0 Å². The molecule has 0 bridgehead atoms. The van der Waals surface area contributed by atoms with Gasteiger partial charge in [-0.3, -0.25) is 9.69 Å². The number of rotatable bonds is 6. The van der Waals surface area contributed by atoms with E-state index in [0.29, 0.717) is 18.7 Å². The number of ether oxygens (including phenoxy) is 1. The fourth-order valence-electron chi connectivity index (χ4n) is 2.78. The Labute approximate surface area is 146 Å². The summed E-state index contributed by atoms with van der Waals surface area (Å²) in [5.41, 5.74) is 2.38. The van der Waals surface area contributed by atoms with Crippen molar-refractivity contribution in [2.75, 3.05) is 13.7 Å². The fraction of sp³-hybridized carbons (Fsp3) is 0.316. The molecule has 6 nitrogen and oxygen atoms in total. The Bertz CT molecular complexity index is 908. The zero-order chi connectivity index (χ0) is 17.8. The van der Waals surface area contributed by atoms with Gasteiger partial charge in [0.25, 0.3) is 5.56 Å². The molecule has 0 aliphatic heterocycles. The summed E-state index contributed by atoms with van der Waals surface area (Å²) in [6, 6.07) is 9.59. The van der Waals surface area contributed by atoms with Crippen LogP contribution in [-0.2, 0) is 6.54 Å². The minimum absolute atomic E-state index is 0.0709. The number of nitrogens with zero attached hydrogens (tertiary/aromatic N) is 3. The van der Waals surface area contributed by atoms with Crippen molar-refractivity contribution in [2.45, 2.75) is 26.4 Å². The molecular formula is C19H22N4O2. The first-order chi connectivity index (χ1) is 12.1. The lowest BCUT2D eigenvalue weighted by molar-refractivity contribution is 0.247. The quantitative estimate of drug-likeness (QED) is 0.748. The van der Waals surface area contributed by atoms with Gasteiger partial charge in [0.05, 0.1) is 12.3 Å². The lowest BCUT2D eigenvalue weighted by Crippen LogP contribution is -2.26. The lowest BCUT2D eigenvalue weighted by atomic mass is 10.1. The normalized spacial score (nSPS) is 12.5. The predicted octanol–water partition coefficient (Wildman–Crippen LogP) is 2.91. The van der Waals surface area contributed by atoms with Crippen molar-refractivity contribution >= 4 is 10.9 Å². The average molecular weight is 338 g/mol. The molecule has 1 atom stereocenters. The molecule has 0 saturated heterocycles. The summed E-state index contributed by atoms with van der Waals surface area (Å²) in [6.07, 6.45) is 3.27. The molecule has 0 aliphatic carbocycles. The van der Waals surface area contributed by atoms with Crippen LogP contribution in [0.1, 0.15) is 31.1 Å². The Balaban J connectivity index is 1.87. The first-order valence-electron chi connectivity index (χ1n) is 8.33. The van der Waals surface area contributed by atoms with E-state index < -0.39 is 0 Å². The van der Waals surface area contributed by atoms with E-state index >= 15 is 0 Å². The Morgan fingerprint density at radius 1 is 1.28 bits per heavy atom. The molecule has 3 rings (SSSR count). The molecule has 0 radical (unpaired) electrons. The number of aromatic nitrogens is 3. The highest BCUT2D eigenvalue weighted by atomic mass is 16.5. The second-order valence-electron chi connectivity index (χ2n) is 6.03. The zero-order valence-corrected chi connectivity index (χ0v) is 14.7. The second-order valence-corrected chi connectivity index (χ2v) is 6.03. The van der Waals surface area contributed by atoms with Crippen molar-refractivity contribution in [3.8, 4) is 5.75 Å². The minimum atomic E-state index is -0.0709. The molecule has 1 aromatic carbocycles. The summed E-state index contributed by atoms with van der Waals surface area (Å²) in [5, 5.41) is 0.962. The van der Waals surface area contributed by atoms with Crippen LogP contribution >= 0.6 is 0 Å². The van der Waals surface area contributed by atoms with Gasteiger partial charge in [-0.1, -0.05) is 0 Å². The number of pyridine rings is 1. The van der Waals surface area contributed by atoms with Crippen LogP contribution in [0.3, 0.4) is 0 Å². The molecule has 130 valence electrons.